The number of nitro groups is 1. The number of nitro benzene ring substituents is 1. The highest BCUT2D eigenvalue weighted by Crippen LogP contribution is 2.31. The number of carboxylic acid groups (broad SMARTS) is 1. The number of carboxylic acids is 1. The third kappa shape index (κ3) is 2.39. The van der Waals surface area contributed by atoms with Gasteiger partial charge in [0.25, 0.3) is 5.69 Å². The monoisotopic (exact) mass is 275 g/mol. The van der Waals surface area contributed by atoms with Crippen molar-refractivity contribution in [2.75, 3.05) is 0 Å². The number of benzene rings is 1. The van der Waals surface area contributed by atoms with E-state index >= 15 is 0 Å². The number of rotatable bonds is 5. The lowest BCUT2D eigenvalue weighted by atomic mass is 10.0. The van der Waals surface area contributed by atoms with E-state index in [1.54, 1.807) is 12.3 Å². The second-order valence-electron chi connectivity index (χ2n) is 4.39. The molecule has 7 heteroatoms. The van der Waals surface area contributed by atoms with Crippen LogP contribution in [0.15, 0.2) is 24.9 Å². The second kappa shape index (κ2) is 5.14. The predicted octanol–water partition coefficient (Wildman–Crippen LogP) is 1.67. The van der Waals surface area contributed by atoms with Gasteiger partial charge in [0.15, 0.2) is 0 Å². The lowest BCUT2D eigenvalue weighted by Gasteiger charge is -2.05. The summed E-state index contributed by atoms with van der Waals surface area (Å²) in [6, 6.07) is 2.01. The first-order valence-electron chi connectivity index (χ1n) is 5.83. The molecule has 0 amide bonds. The van der Waals surface area contributed by atoms with Gasteiger partial charge >= 0.3 is 5.97 Å². The Balaban J connectivity index is 2.61. The number of hydrogen-bond donors (Lipinski definition) is 3. The summed E-state index contributed by atoms with van der Waals surface area (Å²) in [5, 5.41) is 20.4. The minimum absolute atomic E-state index is 0.0175. The number of aromatic amines is 1. The number of aromatic nitrogens is 1. The molecule has 2 aromatic rings. The number of aliphatic carboxylic acids is 1. The van der Waals surface area contributed by atoms with Crippen LogP contribution in [0.2, 0.25) is 0 Å². The van der Waals surface area contributed by atoms with Gasteiger partial charge in [-0.15, -0.1) is 0 Å². The molecule has 0 radical (unpaired) electrons. The molecule has 2 rings (SSSR count). The summed E-state index contributed by atoms with van der Waals surface area (Å²) in [6.07, 6.45) is 3.08. The maximum atomic E-state index is 11.2. The Bertz CT molecular complexity index is 705. The number of nitrogens with zero attached hydrogens (tertiary/aromatic N) is 1. The van der Waals surface area contributed by atoms with Crippen molar-refractivity contribution in [3.05, 3.63) is 46.1 Å². The summed E-state index contributed by atoms with van der Waals surface area (Å²) in [5.74, 6) is -1.15. The molecule has 0 aliphatic carbocycles. The molecule has 0 bridgehead atoms. The van der Waals surface area contributed by atoms with Crippen molar-refractivity contribution in [2.45, 2.75) is 12.5 Å². The zero-order chi connectivity index (χ0) is 14.9. The maximum Gasteiger partial charge on any atom is 0.320 e. The van der Waals surface area contributed by atoms with Gasteiger partial charge in [-0.25, -0.2) is 0 Å². The van der Waals surface area contributed by atoms with E-state index in [2.05, 4.69) is 11.6 Å². The predicted molar refractivity (Wildman–Crippen MR) is 74.4 cm³/mol. The second-order valence-corrected chi connectivity index (χ2v) is 4.39. The summed E-state index contributed by atoms with van der Waals surface area (Å²) in [5.41, 5.74) is 7.07. The average Bonchev–Trinajstić information content (AvgIpc) is 2.80. The van der Waals surface area contributed by atoms with Gasteiger partial charge in [0.05, 0.1) is 15.8 Å². The molecular weight excluding hydrogens is 262 g/mol. The molecule has 7 nitrogen and oxygen atoms in total. The van der Waals surface area contributed by atoms with Crippen molar-refractivity contribution in [1.29, 1.82) is 0 Å². The highest BCUT2D eigenvalue weighted by atomic mass is 16.6. The Labute approximate surface area is 113 Å². The van der Waals surface area contributed by atoms with Gasteiger partial charge in [-0.1, -0.05) is 12.7 Å². The molecule has 4 N–H and O–H groups in total. The topological polar surface area (TPSA) is 122 Å². The summed E-state index contributed by atoms with van der Waals surface area (Å²) in [6.45, 7) is 3.58. The van der Waals surface area contributed by atoms with Crippen LogP contribution in [0, 0.1) is 10.1 Å². The van der Waals surface area contributed by atoms with Gasteiger partial charge in [0.1, 0.15) is 6.04 Å². The lowest BCUT2D eigenvalue weighted by molar-refractivity contribution is -0.383. The first kappa shape index (κ1) is 13.8. The van der Waals surface area contributed by atoms with Gasteiger partial charge in [0.2, 0.25) is 0 Å². The van der Waals surface area contributed by atoms with E-state index in [0.29, 0.717) is 22.0 Å². The molecule has 0 unspecified atom stereocenters. The fraction of sp³-hybridized carbons (Fsp3) is 0.154. The van der Waals surface area contributed by atoms with Gasteiger partial charge in [-0.2, -0.15) is 0 Å². The number of nitrogens with two attached hydrogens (primary N) is 1. The molecule has 0 aliphatic heterocycles. The van der Waals surface area contributed by atoms with E-state index in [9.17, 15) is 14.9 Å². The number of carbonyl (C=O) groups is 1. The molecule has 1 aromatic carbocycles. The first-order valence-corrected chi connectivity index (χ1v) is 5.83. The Morgan fingerprint density at radius 2 is 2.30 bits per heavy atom. The Morgan fingerprint density at radius 3 is 2.85 bits per heavy atom. The van der Waals surface area contributed by atoms with E-state index in [1.165, 1.54) is 12.1 Å². The van der Waals surface area contributed by atoms with Crippen molar-refractivity contribution in [3.8, 4) is 0 Å². The van der Waals surface area contributed by atoms with E-state index < -0.39 is 16.9 Å². The molecule has 0 saturated carbocycles. The quantitative estimate of drug-likeness (QED) is 0.566. The van der Waals surface area contributed by atoms with Crippen molar-refractivity contribution in [3.63, 3.8) is 0 Å². The Morgan fingerprint density at radius 1 is 1.60 bits per heavy atom. The minimum Gasteiger partial charge on any atom is -0.480 e. The van der Waals surface area contributed by atoms with Gasteiger partial charge in [-0.3, -0.25) is 14.9 Å². The SMILES string of the molecule is C=Cc1cc([N+](=O)[O-])c2c(C[C@H](N)C(=O)O)c[nH]c2c1. The van der Waals surface area contributed by atoms with Crippen LogP contribution in [0.3, 0.4) is 0 Å². The first-order chi connectivity index (χ1) is 9.43. The van der Waals surface area contributed by atoms with Crippen LogP contribution in [0.4, 0.5) is 5.69 Å². The van der Waals surface area contributed by atoms with Crippen LogP contribution < -0.4 is 5.73 Å². The summed E-state index contributed by atoms with van der Waals surface area (Å²) in [7, 11) is 0. The molecule has 1 aromatic heterocycles. The fourth-order valence-corrected chi connectivity index (χ4v) is 2.08. The largest absolute Gasteiger partial charge is 0.480 e. The van der Waals surface area contributed by atoms with Crippen LogP contribution in [-0.4, -0.2) is 27.0 Å². The highest BCUT2D eigenvalue weighted by Gasteiger charge is 2.21. The summed E-state index contributed by atoms with van der Waals surface area (Å²) in [4.78, 5) is 24.4. The third-order valence-corrected chi connectivity index (χ3v) is 3.05. The molecule has 0 fully saturated rings. The van der Waals surface area contributed by atoms with E-state index in [1.807, 2.05) is 0 Å². The Kier molecular flexibility index (Phi) is 3.53. The fourth-order valence-electron chi connectivity index (χ4n) is 2.08. The molecule has 1 atom stereocenters. The smallest absolute Gasteiger partial charge is 0.320 e. The van der Waals surface area contributed by atoms with Crippen LogP contribution in [0.25, 0.3) is 17.0 Å². The van der Waals surface area contributed by atoms with Crippen LogP contribution in [0.1, 0.15) is 11.1 Å². The Hall–Kier alpha value is -2.67. The van der Waals surface area contributed by atoms with Crippen LogP contribution >= 0.6 is 0 Å². The minimum atomic E-state index is -1.15. The zero-order valence-electron chi connectivity index (χ0n) is 10.5. The molecule has 104 valence electrons. The number of fused-ring (bicyclic) bond motifs is 1. The van der Waals surface area contributed by atoms with Gasteiger partial charge in [0, 0.05) is 18.7 Å². The van der Waals surface area contributed by atoms with Gasteiger partial charge in [-0.05, 0) is 17.2 Å². The number of nitrogens with one attached hydrogen (secondary N) is 1. The van der Waals surface area contributed by atoms with Crippen molar-refractivity contribution in [1.82, 2.24) is 4.98 Å². The van der Waals surface area contributed by atoms with Gasteiger partial charge < -0.3 is 15.8 Å². The highest BCUT2D eigenvalue weighted by molar-refractivity contribution is 5.94. The number of H-pyrrole nitrogens is 1. The molecule has 0 saturated heterocycles. The van der Waals surface area contributed by atoms with Crippen molar-refractivity contribution < 1.29 is 14.8 Å². The average molecular weight is 275 g/mol. The van der Waals surface area contributed by atoms with Crippen LogP contribution in [-0.2, 0) is 11.2 Å². The molecular formula is C13H13N3O4. The molecule has 0 aliphatic rings. The molecule has 20 heavy (non-hydrogen) atoms. The maximum absolute atomic E-state index is 11.2. The van der Waals surface area contributed by atoms with E-state index in [-0.39, 0.29) is 12.1 Å². The van der Waals surface area contributed by atoms with Crippen molar-refractivity contribution >= 4 is 28.6 Å². The van der Waals surface area contributed by atoms with Crippen molar-refractivity contribution in [2.24, 2.45) is 5.73 Å². The lowest BCUT2D eigenvalue weighted by Crippen LogP contribution is -2.32. The van der Waals surface area contributed by atoms with E-state index in [0.717, 1.165) is 0 Å². The molecule has 0 spiro atoms. The van der Waals surface area contributed by atoms with E-state index in [4.69, 9.17) is 10.8 Å². The number of hydrogen-bond acceptors (Lipinski definition) is 4. The summed E-state index contributed by atoms with van der Waals surface area (Å²) >= 11 is 0. The van der Waals surface area contributed by atoms with Crippen LogP contribution in [0.5, 0.6) is 0 Å². The normalized spacial score (nSPS) is 12.2. The molecule has 1 heterocycles. The third-order valence-electron chi connectivity index (χ3n) is 3.05. The zero-order valence-corrected chi connectivity index (χ0v) is 10.5. The standard InChI is InChI=1S/C13H13N3O4/c1-2-7-3-10-12(11(4-7)16(19)20)8(6-15-10)5-9(14)13(17)18/h2-4,6,9,15H,1,5,14H2,(H,17,18)/t9-/m0/s1. The summed E-state index contributed by atoms with van der Waals surface area (Å²) < 4.78 is 0. The number of non-ortho nitro benzene ring substituents is 1.